The third-order valence-corrected chi connectivity index (χ3v) is 4.48. The third-order valence-electron chi connectivity index (χ3n) is 3.37. The predicted molar refractivity (Wildman–Crippen MR) is 81.1 cm³/mol. The van der Waals surface area contributed by atoms with Gasteiger partial charge in [-0.1, -0.05) is 24.3 Å². The van der Waals surface area contributed by atoms with Crippen LogP contribution in [0.5, 0.6) is 0 Å². The van der Waals surface area contributed by atoms with E-state index < -0.39 is 44.2 Å². The summed E-state index contributed by atoms with van der Waals surface area (Å²) >= 11 is 0. The minimum atomic E-state index is -2.18. The number of halogens is 5. The van der Waals surface area contributed by atoms with E-state index in [1.807, 2.05) is 0 Å². The molecule has 0 unspecified atom stereocenters. The maximum atomic E-state index is 13.9. The van der Waals surface area contributed by atoms with E-state index in [1.165, 1.54) is 32.4 Å². The lowest BCUT2D eigenvalue weighted by atomic mass is 10.0. The van der Waals surface area contributed by atoms with Gasteiger partial charge in [0, 0.05) is 20.8 Å². The molecule has 2 rings (SSSR count). The monoisotopic (exact) mass is 377 g/mol. The molecule has 1 radical (unpaired) electrons. The highest BCUT2D eigenvalue weighted by atomic mass is 28.3. The van der Waals surface area contributed by atoms with Crippen molar-refractivity contribution in [1.29, 1.82) is 0 Å². The highest BCUT2D eigenvalue weighted by Crippen LogP contribution is 2.31. The summed E-state index contributed by atoms with van der Waals surface area (Å²) in [5, 5.41) is 0. The molecule has 0 aromatic heterocycles. The van der Waals surface area contributed by atoms with Crippen LogP contribution in [0.2, 0.25) is 0 Å². The molecule has 0 spiro atoms. The third kappa shape index (κ3) is 4.24. The van der Waals surface area contributed by atoms with Gasteiger partial charge in [0.25, 0.3) is 0 Å². The number of rotatable bonds is 7. The predicted octanol–water partition coefficient (Wildman–Crippen LogP) is 3.89. The van der Waals surface area contributed by atoms with Crippen LogP contribution in [0.15, 0.2) is 24.3 Å². The van der Waals surface area contributed by atoms with E-state index in [-0.39, 0.29) is 12.2 Å². The molecule has 0 amide bonds. The zero-order valence-electron chi connectivity index (χ0n) is 13.3. The molecule has 0 heterocycles. The van der Waals surface area contributed by atoms with E-state index in [2.05, 4.69) is 0 Å². The topological polar surface area (TPSA) is 27.7 Å². The van der Waals surface area contributed by atoms with Gasteiger partial charge in [-0.2, -0.15) is 0 Å². The first-order chi connectivity index (χ1) is 11.9. The lowest BCUT2D eigenvalue weighted by Crippen LogP contribution is -2.24. The molecule has 0 saturated carbocycles. The van der Waals surface area contributed by atoms with Crippen molar-refractivity contribution in [2.24, 2.45) is 0 Å². The van der Waals surface area contributed by atoms with Gasteiger partial charge in [-0.05, 0) is 17.5 Å². The lowest BCUT2D eigenvalue weighted by Gasteiger charge is -2.11. The second-order valence-corrected chi connectivity index (χ2v) is 6.51. The van der Waals surface area contributed by atoms with Gasteiger partial charge in [0.15, 0.2) is 23.3 Å². The molecule has 0 fully saturated rings. The van der Waals surface area contributed by atoms with E-state index >= 15 is 0 Å². The van der Waals surface area contributed by atoms with Crippen LogP contribution in [0, 0.1) is 29.1 Å². The molecular weight excluding hydrogens is 363 g/mol. The van der Waals surface area contributed by atoms with Gasteiger partial charge in [0.1, 0.15) is 0 Å². The van der Waals surface area contributed by atoms with Crippen molar-refractivity contribution in [3.63, 3.8) is 0 Å². The van der Waals surface area contributed by atoms with Crippen LogP contribution in [-0.2, 0) is 19.7 Å². The molecule has 2 aromatic rings. The molecular formula is C16H14F5O3Si. The Morgan fingerprint density at radius 1 is 0.840 bits per heavy atom. The van der Waals surface area contributed by atoms with E-state index in [9.17, 15) is 22.0 Å². The average Bonchev–Trinajstić information content (AvgIpc) is 2.62. The van der Waals surface area contributed by atoms with Gasteiger partial charge < -0.3 is 13.3 Å². The van der Waals surface area contributed by atoms with Gasteiger partial charge in [-0.3, -0.25) is 0 Å². The smallest absolute Gasteiger partial charge is 0.375 e. The summed E-state index contributed by atoms with van der Waals surface area (Å²) in [6, 6.07) is 5.71. The van der Waals surface area contributed by atoms with Crippen molar-refractivity contribution in [2.45, 2.75) is 6.42 Å². The molecule has 0 bridgehead atoms. The summed E-state index contributed by atoms with van der Waals surface area (Å²) in [5.41, 5.74) is -0.484. The Labute approximate surface area is 142 Å². The zero-order valence-corrected chi connectivity index (χ0v) is 14.3. The largest absolute Gasteiger partial charge is 0.577 e. The summed E-state index contributed by atoms with van der Waals surface area (Å²) in [5.74, 6) is -9.87. The van der Waals surface area contributed by atoms with E-state index in [0.717, 1.165) is 0 Å². The van der Waals surface area contributed by atoms with Crippen molar-refractivity contribution < 1.29 is 35.2 Å². The van der Waals surface area contributed by atoms with Crippen LogP contribution in [0.4, 0.5) is 22.0 Å². The SMILES string of the molecule is CO[Si](OC)OCCc1cccc(-c2c(F)c(F)c(F)c(F)c2F)c1. The number of benzene rings is 2. The highest BCUT2D eigenvalue weighted by molar-refractivity contribution is 6.36. The Balaban J connectivity index is 2.28. The quantitative estimate of drug-likeness (QED) is 0.317. The van der Waals surface area contributed by atoms with E-state index in [4.69, 9.17) is 13.3 Å². The first-order valence-electron chi connectivity index (χ1n) is 7.09. The molecule has 0 aliphatic rings. The molecule has 3 nitrogen and oxygen atoms in total. The Kier molecular flexibility index (Phi) is 6.65. The van der Waals surface area contributed by atoms with Crippen LogP contribution < -0.4 is 0 Å². The van der Waals surface area contributed by atoms with Crippen LogP contribution >= 0.6 is 0 Å². The normalized spacial score (nSPS) is 11.4. The first-order valence-corrected chi connectivity index (χ1v) is 8.31. The van der Waals surface area contributed by atoms with Crippen LogP contribution in [0.25, 0.3) is 11.1 Å². The molecule has 25 heavy (non-hydrogen) atoms. The van der Waals surface area contributed by atoms with Gasteiger partial charge in [0.2, 0.25) is 5.82 Å². The fraction of sp³-hybridized carbons (Fsp3) is 0.250. The Hall–Kier alpha value is -1.81. The summed E-state index contributed by atoms with van der Waals surface area (Å²) in [6.07, 6.45) is 0.337. The second kappa shape index (κ2) is 8.52. The highest BCUT2D eigenvalue weighted by Gasteiger charge is 2.26. The van der Waals surface area contributed by atoms with Crippen LogP contribution in [0.3, 0.4) is 0 Å². The summed E-state index contributed by atoms with van der Waals surface area (Å²) in [7, 11) is 1.02. The van der Waals surface area contributed by atoms with E-state index in [1.54, 1.807) is 6.07 Å². The Morgan fingerprint density at radius 2 is 1.40 bits per heavy atom. The lowest BCUT2D eigenvalue weighted by molar-refractivity contribution is 0.137. The van der Waals surface area contributed by atoms with Crippen LogP contribution in [-0.4, -0.2) is 30.4 Å². The number of hydrogen-bond donors (Lipinski definition) is 0. The summed E-state index contributed by atoms with van der Waals surface area (Å²) < 4.78 is 82.8. The van der Waals surface area contributed by atoms with Gasteiger partial charge in [-0.25, -0.2) is 22.0 Å². The van der Waals surface area contributed by atoms with Gasteiger partial charge >= 0.3 is 9.53 Å². The maximum absolute atomic E-state index is 13.9. The molecule has 0 aliphatic heterocycles. The zero-order chi connectivity index (χ0) is 18.6. The Bertz CT molecular complexity index is 724. The van der Waals surface area contributed by atoms with Gasteiger partial charge in [0.05, 0.1) is 5.56 Å². The minimum absolute atomic E-state index is 0.116. The van der Waals surface area contributed by atoms with Crippen molar-refractivity contribution in [2.75, 3.05) is 20.8 Å². The fourth-order valence-electron chi connectivity index (χ4n) is 2.19. The summed E-state index contributed by atoms with van der Waals surface area (Å²) in [4.78, 5) is 0. The van der Waals surface area contributed by atoms with Gasteiger partial charge in [-0.15, -0.1) is 0 Å². The molecule has 0 N–H and O–H groups in total. The van der Waals surface area contributed by atoms with Crippen LogP contribution in [0.1, 0.15) is 5.56 Å². The second-order valence-electron chi connectivity index (χ2n) is 4.90. The first kappa shape index (κ1) is 19.5. The van der Waals surface area contributed by atoms with Crippen molar-refractivity contribution in [3.05, 3.63) is 58.9 Å². The minimum Gasteiger partial charge on any atom is -0.375 e. The van der Waals surface area contributed by atoms with Crippen molar-refractivity contribution in [3.8, 4) is 11.1 Å². The van der Waals surface area contributed by atoms with E-state index in [0.29, 0.717) is 12.0 Å². The molecule has 0 aliphatic carbocycles. The standard InChI is InChI=1S/C16H14F5O3Si/c1-22-25(23-2)24-7-6-9-4-3-5-10(8-9)11-12(17)14(19)16(21)15(20)13(11)18/h3-5,8H,6-7H2,1-2H3. The fourth-order valence-corrected chi connectivity index (χ4v) is 2.87. The molecule has 9 heteroatoms. The molecule has 135 valence electrons. The molecule has 0 atom stereocenters. The summed E-state index contributed by atoms with van der Waals surface area (Å²) in [6.45, 7) is 0.205. The maximum Gasteiger partial charge on any atom is 0.577 e. The number of hydrogen-bond acceptors (Lipinski definition) is 3. The Morgan fingerprint density at radius 3 is 1.96 bits per heavy atom. The average molecular weight is 377 g/mol. The van der Waals surface area contributed by atoms with Crippen molar-refractivity contribution in [1.82, 2.24) is 0 Å². The molecule has 0 saturated heterocycles. The molecule has 2 aromatic carbocycles. The van der Waals surface area contributed by atoms with Crippen molar-refractivity contribution >= 4 is 9.53 Å².